The van der Waals surface area contributed by atoms with Crippen molar-refractivity contribution in [1.29, 1.82) is 0 Å². The Hall–Kier alpha value is -3.64. The molecule has 3 aromatic carbocycles. The molecular weight excluding hydrogens is 409 g/mol. The summed E-state index contributed by atoms with van der Waals surface area (Å²) in [6.07, 6.45) is 1.64. The SMILES string of the molecule is COc1ccccc1CN1COc2cc(C)c3c(c2C1)O/C(=C\c1ccc(F)cc1)C3=O. The quantitative estimate of drug-likeness (QED) is 0.537. The van der Waals surface area contributed by atoms with Crippen molar-refractivity contribution in [2.45, 2.75) is 20.0 Å². The van der Waals surface area contributed by atoms with Gasteiger partial charge in [-0.25, -0.2) is 4.39 Å². The molecule has 6 heteroatoms. The van der Waals surface area contributed by atoms with Crippen molar-refractivity contribution in [3.8, 4) is 17.2 Å². The van der Waals surface area contributed by atoms with Gasteiger partial charge in [-0.1, -0.05) is 30.3 Å². The van der Waals surface area contributed by atoms with Crippen LogP contribution in [0.3, 0.4) is 0 Å². The zero-order valence-corrected chi connectivity index (χ0v) is 17.9. The number of nitrogens with zero attached hydrogens (tertiary/aromatic N) is 1. The summed E-state index contributed by atoms with van der Waals surface area (Å²) >= 11 is 0. The molecule has 0 saturated heterocycles. The second-order valence-corrected chi connectivity index (χ2v) is 7.94. The van der Waals surface area contributed by atoms with E-state index < -0.39 is 0 Å². The molecule has 0 bridgehead atoms. The minimum Gasteiger partial charge on any atom is -0.496 e. The summed E-state index contributed by atoms with van der Waals surface area (Å²) < 4.78 is 30.8. The largest absolute Gasteiger partial charge is 0.496 e. The van der Waals surface area contributed by atoms with Gasteiger partial charge in [0.05, 0.1) is 18.2 Å². The molecule has 32 heavy (non-hydrogen) atoms. The van der Waals surface area contributed by atoms with Gasteiger partial charge in [0.25, 0.3) is 0 Å². The van der Waals surface area contributed by atoms with E-state index >= 15 is 0 Å². The lowest BCUT2D eigenvalue weighted by Crippen LogP contribution is -2.32. The number of fused-ring (bicyclic) bond motifs is 3. The first kappa shape index (κ1) is 20.3. The Morgan fingerprint density at radius 3 is 2.72 bits per heavy atom. The number of rotatable bonds is 4. The molecule has 2 heterocycles. The number of carbonyl (C=O) groups excluding carboxylic acids is 1. The summed E-state index contributed by atoms with van der Waals surface area (Å²) in [5.41, 5.74) is 3.97. The molecule has 5 rings (SSSR count). The van der Waals surface area contributed by atoms with Gasteiger partial charge in [-0.15, -0.1) is 0 Å². The van der Waals surface area contributed by atoms with Crippen LogP contribution in [0.4, 0.5) is 4.39 Å². The first-order valence-electron chi connectivity index (χ1n) is 10.4. The van der Waals surface area contributed by atoms with E-state index in [0.29, 0.717) is 36.7 Å². The van der Waals surface area contributed by atoms with Crippen LogP contribution in [0.1, 0.15) is 32.6 Å². The normalized spacial score (nSPS) is 16.3. The highest BCUT2D eigenvalue weighted by Crippen LogP contribution is 2.44. The van der Waals surface area contributed by atoms with Crippen molar-refractivity contribution in [2.24, 2.45) is 0 Å². The molecular formula is C26H22FNO4. The lowest BCUT2D eigenvalue weighted by molar-refractivity contribution is 0.0864. The molecule has 0 unspecified atom stereocenters. The molecule has 2 aliphatic rings. The molecule has 0 aromatic heterocycles. The Balaban J connectivity index is 1.46. The van der Waals surface area contributed by atoms with Crippen molar-refractivity contribution in [3.63, 3.8) is 0 Å². The van der Waals surface area contributed by atoms with E-state index in [4.69, 9.17) is 14.2 Å². The van der Waals surface area contributed by atoms with Gasteiger partial charge in [0.15, 0.2) is 5.76 Å². The average Bonchev–Trinajstić information content (AvgIpc) is 3.13. The molecule has 0 atom stereocenters. The number of hydrogen-bond donors (Lipinski definition) is 0. The summed E-state index contributed by atoms with van der Waals surface area (Å²) in [5.74, 6) is 1.82. The third-order valence-electron chi connectivity index (χ3n) is 5.74. The van der Waals surface area contributed by atoms with Crippen LogP contribution in [0.15, 0.2) is 60.4 Å². The predicted octanol–water partition coefficient (Wildman–Crippen LogP) is 5.11. The van der Waals surface area contributed by atoms with Crippen molar-refractivity contribution >= 4 is 11.9 Å². The topological polar surface area (TPSA) is 48.0 Å². The van der Waals surface area contributed by atoms with Crippen molar-refractivity contribution in [3.05, 3.63) is 94.0 Å². The lowest BCUT2D eigenvalue weighted by atomic mass is 9.98. The van der Waals surface area contributed by atoms with E-state index in [9.17, 15) is 9.18 Å². The standard InChI is InChI=1S/C26H22FNO4/c1-16-11-22-20(14-28(15-31-22)13-18-5-3-4-6-21(18)30-2)26-24(16)25(29)23(32-26)12-17-7-9-19(27)10-8-17/h3-12H,13-15H2,1-2H3/b23-12-. The molecule has 0 aliphatic carbocycles. The van der Waals surface area contributed by atoms with Crippen molar-refractivity contribution in [2.75, 3.05) is 13.8 Å². The maximum Gasteiger partial charge on any atom is 0.232 e. The molecule has 0 radical (unpaired) electrons. The Bertz CT molecular complexity index is 1230. The number of halogens is 1. The number of methoxy groups -OCH3 is 1. The van der Waals surface area contributed by atoms with Gasteiger partial charge in [-0.3, -0.25) is 9.69 Å². The fraction of sp³-hybridized carbons (Fsp3) is 0.192. The molecule has 0 spiro atoms. The maximum absolute atomic E-state index is 13.2. The number of aryl methyl sites for hydroxylation is 1. The highest BCUT2D eigenvalue weighted by atomic mass is 19.1. The summed E-state index contributed by atoms with van der Waals surface area (Å²) in [6.45, 7) is 3.52. The van der Waals surface area contributed by atoms with Crippen LogP contribution in [0, 0.1) is 12.7 Å². The Labute approximate surface area is 185 Å². The van der Waals surface area contributed by atoms with Crippen LogP contribution in [-0.4, -0.2) is 24.5 Å². The van der Waals surface area contributed by atoms with Crippen molar-refractivity contribution in [1.82, 2.24) is 4.90 Å². The Morgan fingerprint density at radius 1 is 1.16 bits per heavy atom. The van der Waals surface area contributed by atoms with Crippen LogP contribution in [-0.2, 0) is 13.1 Å². The van der Waals surface area contributed by atoms with Gasteiger partial charge in [-0.2, -0.15) is 0 Å². The number of ketones is 1. The summed E-state index contributed by atoms with van der Waals surface area (Å²) in [4.78, 5) is 15.2. The number of Topliss-reactive ketones (excluding diaryl/α,β-unsaturated/α-hetero) is 1. The molecule has 5 nitrogen and oxygen atoms in total. The van der Waals surface area contributed by atoms with E-state index in [-0.39, 0.29) is 17.4 Å². The molecule has 0 N–H and O–H groups in total. The fourth-order valence-electron chi connectivity index (χ4n) is 4.16. The molecule has 0 saturated carbocycles. The van der Waals surface area contributed by atoms with Gasteiger partial charge in [0.1, 0.15) is 29.8 Å². The third kappa shape index (κ3) is 3.63. The highest BCUT2D eigenvalue weighted by Gasteiger charge is 2.35. The highest BCUT2D eigenvalue weighted by molar-refractivity contribution is 6.15. The number of ether oxygens (including phenoxy) is 3. The zero-order chi connectivity index (χ0) is 22.2. The third-order valence-corrected chi connectivity index (χ3v) is 5.74. The molecule has 0 amide bonds. The molecule has 3 aromatic rings. The first-order valence-corrected chi connectivity index (χ1v) is 10.4. The van der Waals surface area contributed by atoms with E-state index in [0.717, 1.165) is 28.2 Å². The van der Waals surface area contributed by atoms with Gasteiger partial charge in [-0.05, 0) is 48.4 Å². The van der Waals surface area contributed by atoms with Gasteiger partial charge in [0.2, 0.25) is 5.78 Å². The number of benzene rings is 3. The number of hydrogen-bond acceptors (Lipinski definition) is 5. The second-order valence-electron chi connectivity index (χ2n) is 7.94. The minimum absolute atomic E-state index is 0.175. The maximum atomic E-state index is 13.2. The molecule has 0 fully saturated rings. The van der Waals surface area contributed by atoms with Gasteiger partial charge in [0, 0.05) is 18.7 Å². The van der Waals surface area contributed by atoms with Crippen LogP contribution >= 0.6 is 0 Å². The predicted molar refractivity (Wildman–Crippen MR) is 118 cm³/mol. The molecule has 2 aliphatic heterocycles. The average molecular weight is 431 g/mol. The van der Waals surface area contributed by atoms with Gasteiger partial charge >= 0.3 is 0 Å². The van der Waals surface area contributed by atoms with Crippen LogP contribution in [0.25, 0.3) is 6.08 Å². The zero-order valence-electron chi connectivity index (χ0n) is 17.9. The van der Waals surface area contributed by atoms with E-state index in [1.807, 2.05) is 37.3 Å². The Kier molecular flexibility index (Phi) is 5.15. The van der Waals surface area contributed by atoms with E-state index in [1.165, 1.54) is 12.1 Å². The number of para-hydroxylation sites is 1. The summed E-state index contributed by atoms with van der Waals surface area (Å²) in [5, 5.41) is 0. The monoisotopic (exact) mass is 431 g/mol. The summed E-state index contributed by atoms with van der Waals surface area (Å²) in [7, 11) is 1.66. The van der Waals surface area contributed by atoms with Crippen molar-refractivity contribution < 1.29 is 23.4 Å². The molecule has 162 valence electrons. The van der Waals surface area contributed by atoms with E-state index in [1.54, 1.807) is 25.3 Å². The van der Waals surface area contributed by atoms with Gasteiger partial charge < -0.3 is 14.2 Å². The fourth-order valence-corrected chi connectivity index (χ4v) is 4.16. The lowest BCUT2D eigenvalue weighted by Gasteiger charge is -2.30. The van der Waals surface area contributed by atoms with E-state index in [2.05, 4.69) is 4.90 Å². The Morgan fingerprint density at radius 2 is 1.94 bits per heavy atom. The van der Waals surface area contributed by atoms with Crippen LogP contribution in [0.5, 0.6) is 17.2 Å². The second kappa shape index (κ2) is 8.13. The summed E-state index contributed by atoms with van der Waals surface area (Å²) in [6, 6.07) is 15.7. The number of allylic oxidation sites excluding steroid dienone is 1. The first-order chi connectivity index (χ1) is 15.5. The smallest absolute Gasteiger partial charge is 0.232 e. The minimum atomic E-state index is -0.327. The number of carbonyl (C=O) groups is 1. The van der Waals surface area contributed by atoms with Crippen LogP contribution < -0.4 is 14.2 Å². The van der Waals surface area contributed by atoms with Crippen LogP contribution in [0.2, 0.25) is 0 Å².